The lowest BCUT2D eigenvalue weighted by molar-refractivity contribution is 0.867. The lowest BCUT2D eigenvalue weighted by atomic mass is 10.1. The summed E-state index contributed by atoms with van der Waals surface area (Å²) in [6, 6.07) is 8.58. The van der Waals surface area contributed by atoms with E-state index in [4.69, 9.17) is 0 Å². The molecule has 2 heteroatoms. The molecule has 0 fully saturated rings. The number of nitrogens with zero attached hydrogens (tertiary/aromatic N) is 2. The van der Waals surface area contributed by atoms with Gasteiger partial charge in [0.15, 0.2) is 0 Å². The first-order valence-electron chi connectivity index (χ1n) is 5.44. The molecule has 1 aromatic carbocycles. The van der Waals surface area contributed by atoms with Gasteiger partial charge in [0.25, 0.3) is 0 Å². The Morgan fingerprint density at radius 2 is 1.87 bits per heavy atom. The highest BCUT2D eigenvalue weighted by Gasteiger charge is 2.01. The Bertz CT molecular complexity index is 447. The number of anilines is 1. The van der Waals surface area contributed by atoms with Crippen molar-refractivity contribution in [2.45, 2.75) is 13.8 Å². The van der Waals surface area contributed by atoms with Crippen molar-refractivity contribution in [1.29, 1.82) is 0 Å². The molecule has 0 atom stereocenters. The number of hydrogen-bond acceptors (Lipinski definition) is 2. The highest BCUT2D eigenvalue weighted by Crippen LogP contribution is 2.20. The third-order valence-corrected chi connectivity index (χ3v) is 2.75. The van der Waals surface area contributed by atoms with E-state index in [9.17, 15) is 0 Å². The van der Waals surface area contributed by atoms with Crippen LogP contribution >= 0.6 is 0 Å². The van der Waals surface area contributed by atoms with Gasteiger partial charge in [-0.15, -0.1) is 0 Å². The molecule has 0 bridgehead atoms. The zero-order chi connectivity index (χ0) is 10.7. The quantitative estimate of drug-likeness (QED) is 0.757. The molecular formula is C13H16N2. The van der Waals surface area contributed by atoms with Crippen molar-refractivity contribution in [3.05, 3.63) is 36.7 Å². The number of aromatic nitrogens is 1. The number of hydrogen-bond donors (Lipinski definition) is 0. The van der Waals surface area contributed by atoms with Crippen LogP contribution in [0.25, 0.3) is 10.8 Å². The molecule has 0 aliphatic heterocycles. The SMILES string of the molecule is CCN(CC)c1ccc2cnccc2c1. The van der Waals surface area contributed by atoms with Crippen molar-refractivity contribution >= 4 is 16.5 Å². The summed E-state index contributed by atoms with van der Waals surface area (Å²) in [5.74, 6) is 0. The standard InChI is InChI=1S/C13H16N2/c1-3-15(4-2)13-6-5-12-10-14-8-7-11(12)9-13/h5-10H,3-4H2,1-2H3. The Morgan fingerprint density at radius 3 is 2.60 bits per heavy atom. The van der Waals surface area contributed by atoms with E-state index in [0.29, 0.717) is 0 Å². The van der Waals surface area contributed by atoms with E-state index in [-0.39, 0.29) is 0 Å². The van der Waals surface area contributed by atoms with E-state index in [0.717, 1.165) is 13.1 Å². The molecule has 1 heterocycles. The minimum absolute atomic E-state index is 1.05. The number of benzene rings is 1. The minimum atomic E-state index is 1.05. The van der Waals surface area contributed by atoms with Crippen molar-refractivity contribution in [1.82, 2.24) is 4.98 Å². The first-order chi connectivity index (χ1) is 7.35. The normalized spacial score (nSPS) is 10.5. The van der Waals surface area contributed by atoms with E-state index >= 15 is 0 Å². The summed E-state index contributed by atoms with van der Waals surface area (Å²) >= 11 is 0. The van der Waals surface area contributed by atoms with Crippen LogP contribution in [0, 0.1) is 0 Å². The summed E-state index contributed by atoms with van der Waals surface area (Å²) < 4.78 is 0. The fourth-order valence-electron chi connectivity index (χ4n) is 1.86. The zero-order valence-electron chi connectivity index (χ0n) is 9.27. The average molecular weight is 200 g/mol. The van der Waals surface area contributed by atoms with Crippen LogP contribution in [0.2, 0.25) is 0 Å². The molecule has 0 aliphatic rings. The van der Waals surface area contributed by atoms with Crippen LogP contribution in [-0.4, -0.2) is 18.1 Å². The van der Waals surface area contributed by atoms with E-state index in [1.807, 2.05) is 12.4 Å². The van der Waals surface area contributed by atoms with Gasteiger partial charge in [-0.1, -0.05) is 6.07 Å². The Labute approximate surface area is 90.6 Å². The molecule has 0 spiro atoms. The molecule has 2 rings (SSSR count). The molecular weight excluding hydrogens is 184 g/mol. The van der Waals surface area contributed by atoms with Crippen LogP contribution < -0.4 is 4.90 Å². The second kappa shape index (κ2) is 4.30. The van der Waals surface area contributed by atoms with Gasteiger partial charge in [0.1, 0.15) is 0 Å². The van der Waals surface area contributed by atoms with E-state index < -0.39 is 0 Å². The maximum atomic E-state index is 4.11. The van der Waals surface area contributed by atoms with Gasteiger partial charge in [-0.25, -0.2) is 0 Å². The van der Waals surface area contributed by atoms with Crippen molar-refractivity contribution in [3.63, 3.8) is 0 Å². The highest BCUT2D eigenvalue weighted by atomic mass is 15.1. The molecule has 0 aliphatic carbocycles. The fourth-order valence-corrected chi connectivity index (χ4v) is 1.86. The van der Waals surface area contributed by atoms with E-state index in [2.05, 4.69) is 48.0 Å². The second-order valence-electron chi connectivity index (χ2n) is 3.58. The molecule has 0 saturated carbocycles. The van der Waals surface area contributed by atoms with Crippen molar-refractivity contribution in [2.24, 2.45) is 0 Å². The van der Waals surface area contributed by atoms with Gasteiger partial charge in [-0.2, -0.15) is 0 Å². The Morgan fingerprint density at radius 1 is 1.07 bits per heavy atom. The van der Waals surface area contributed by atoms with Crippen molar-refractivity contribution < 1.29 is 0 Å². The Hall–Kier alpha value is -1.57. The van der Waals surface area contributed by atoms with Gasteiger partial charge in [-0.05, 0) is 37.4 Å². The smallest absolute Gasteiger partial charge is 0.0372 e. The predicted molar refractivity (Wildman–Crippen MR) is 65.3 cm³/mol. The second-order valence-corrected chi connectivity index (χ2v) is 3.58. The number of fused-ring (bicyclic) bond motifs is 1. The molecule has 0 unspecified atom stereocenters. The van der Waals surface area contributed by atoms with E-state index in [1.54, 1.807) is 0 Å². The largest absolute Gasteiger partial charge is 0.372 e. The van der Waals surface area contributed by atoms with Gasteiger partial charge >= 0.3 is 0 Å². The Kier molecular flexibility index (Phi) is 2.86. The lowest BCUT2D eigenvalue weighted by Gasteiger charge is -2.21. The maximum absolute atomic E-state index is 4.11. The first kappa shape index (κ1) is 9.97. The molecule has 2 nitrogen and oxygen atoms in total. The predicted octanol–water partition coefficient (Wildman–Crippen LogP) is 3.08. The fraction of sp³-hybridized carbons (Fsp3) is 0.308. The van der Waals surface area contributed by atoms with Gasteiger partial charge in [0, 0.05) is 36.6 Å². The molecule has 78 valence electrons. The molecule has 15 heavy (non-hydrogen) atoms. The lowest BCUT2D eigenvalue weighted by Crippen LogP contribution is -2.21. The summed E-state index contributed by atoms with van der Waals surface area (Å²) in [4.78, 5) is 6.46. The van der Waals surface area contributed by atoms with E-state index in [1.165, 1.54) is 16.5 Å². The maximum Gasteiger partial charge on any atom is 0.0372 e. The molecule has 0 saturated heterocycles. The van der Waals surface area contributed by atoms with Gasteiger partial charge in [0.2, 0.25) is 0 Å². The third-order valence-electron chi connectivity index (χ3n) is 2.75. The third kappa shape index (κ3) is 1.94. The van der Waals surface area contributed by atoms with Crippen LogP contribution in [0.1, 0.15) is 13.8 Å². The Balaban J connectivity index is 2.46. The summed E-state index contributed by atoms with van der Waals surface area (Å²) in [6.45, 7) is 6.46. The van der Waals surface area contributed by atoms with Gasteiger partial charge in [0.05, 0.1) is 0 Å². The highest BCUT2D eigenvalue weighted by molar-refractivity contribution is 5.84. The number of pyridine rings is 1. The first-order valence-corrected chi connectivity index (χ1v) is 5.44. The zero-order valence-corrected chi connectivity index (χ0v) is 9.27. The van der Waals surface area contributed by atoms with Crippen molar-refractivity contribution in [2.75, 3.05) is 18.0 Å². The van der Waals surface area contributed by atoms with Crippen molar-refractivity contribution in [3.8, 4) is 0 Å². The molecule has 0 amide bonds. The van der Waals surface area contributed by atoms with Crippen LogP contribution in [-0.2, 0) is 0 Å². The van der Waals surface area contributed by atoms with Crippen LogP contribution in [0.15, 0.2) is 36.7 Å². The summed E-state index contributed by atoms with van der Waals surface area (Å²) in [7, 11) is 0. The molecule has 0 radical (unpaired) electrons. The topological polar surface area (TPSA) is 16.1 Å². The molecule has 0 N–H and O–H groups in total. The van der Waals surface area contributed by atoms with Gasteiger partial charge in [-0.3, -0.25) is 4.98 Å². The average Bonchev–Trinajstić information content (AvgIpc) is 2.30. The van der Waals surface area contributed by atoms with Gasteiger partial charge < -0.3 is 4.90 Å². The summed E-state index contributed by atoms with van der Waals surface area (Å²) in [5.41, 5.74) is 1.29. The van der Waals surface area contributed by atoms with Crippen LogP contribution in [0.3, 0.4) is 0 Å². The number of rotatable bonds is 3. The molecule has 1 aromatic heterocycles. The van der Waals surface area contributed by atoms with Crippen LogP contribution in [0.4, 0.5) is 5.69 Å². The minimum Gasteiger partial charge on any atom is -0.372 e. The monoisotopic (exact) mass is 200 g/mol. The molecule has 2 aromatic rings. The van der Waals surface area contributed by atoms with Crippen LogP contribution in [0.5, 0.6) is 0 Å². The summed E-state index contributed by atoms with van der Waals surface area (Å²) in [6.07, 6.45) is 3.75. The summed E-state index contributed by atoms with van der Waals surface area (Å²) in [5, 5.41) is 2.46.